The molecular weight excluding hydrogens is 309 g/mol. The maximum Gasteiger partial charge on any atom is 0.235 e. The van der Waals surface area contributed by atoms with Gasteiger partial charge in [0.05, 0.1) is 16.8 Å². The Morgan fingerprint density at radius 2 is 2.18 bits per heavy atom. The van der Waals surface area contributed by atoms with Gasteiger partial charge in [-0.25, -0.2) is 14.4 Å². The predicted molar refractivity (Wildman–Crippen MR) is 76.6 cm³/mol. The second kappa shape index (κ2) is 5.13. The fourth-order valence-corrected chi connectivity index (χ4v) is 3.02. The maximum atomic E-state index is 14.4. The highest BCUT2D eigenvalue weighted by Crippen LogP contribution is 2.40. The fraction of sp³-hybridized carbons (Fsp3) is 0.214. The largest absolute Gasteiger partial charge is 0.486 e. The number of fused-ring (bicyclic) bond motifs is 2. The summed E-state index contributed by atoms with van der Waals surface area (Å²) in [6.45, 7) is 0.766. The van der Waals surface area contributed by atoms with Crippen LogP contribution in [0.2, 0.25) is 0 Å². The first-order valence-corrected chi connectivity index (χ1v) is 7.51. The summed E-state index contributed by atoms with van der Waals surface area (Å²) in [6.07, 6.45) is 2.65. The maximum absolute atomic E-state index is 14.4. The van der Waals surface area contributed by atoms with Crippen LogP contribution in [0.5, 0.6) is 11.5 Å². The molecule has 2 aliphatic heterocycles. The lowest BCUT2D eigenvalue weighted by Crippen LogP contribution is -2.20. The highest BCUT2D eigenvalue weighted by molar-refractivity contribution is 8.00. The lowest BCUT2D eigenvalue weighted by molar-refractivity contribution is -0.113. The first-order valence-electron chi connectivity index (χ1n) is 6.52. The highest BCUT2D eigenvalue weighted by Gasteiger charge is 2.25. The molecule has 4 rings (SSSR count). The molecule has 111 valence electrons. The number of pyridine rings is 2. The van der Waals surface area contributed by atoms with Gasteiger partial charge in [0.2, 0.25) is 5.91 Å². The van der Waals surface area contributed by atoms with Crippen LogP contribution in [0.15, 0.2) is 17.0 Å². The molecule has 0 aromatic carbocycles. The van der Waals surface area contributed by atoms with Crippen molar-refractivity contribution in [2.24, 2.45) is 0 Å². The van der Waals surface area contributed by atoms with Crippen LogP contribution in [-0.2, 0) is 4.79 Å². The van der Waals surface area contributed by atoms with Crippen molar-refractivity contribution < 1.29 is 18.7 Å². The molecule has 2 aliphatic rings. The first-order chi connectivity index (χ1) is 10.7. The fourth-order valence-electron chi connectivity index (χ4n) is 2.24. The Labute approximate surface area is 129 Å². The molecule has 0 aliphatic carbocycles. The average molecular weight is 318 g/mol. The Kier molecular flexibility index (Phi) is 3.11. The third kappa shape index (κ3) is 2.16. The van der Waals surface area contributed by atoms with Gasteiger partial charge in [-0.2, -0.15) is 0 Å². The molecule has 2 aromatic heterocycles. The molecule has 0 atom stereocenters. The number of amides is 1. The summed E-state index contributed by atoms with van der Waals surface area (Å²) in [7, 11) is 0. The van der Waals surface area contributed by atoms with Crippen molar-refractivity contribution in [3.63, 3.8) is 0 Å². The van der Waals surface area contributed by atoms with E-state index in [0.29, 0.717) is 35.4 Å². The van der Waals surface area contributed by atoms with Gasteiger partial charge in [-0.3, -0.25) is 4.79 Å². The number of ether oxygens (including phenoxy) is 2. The van der Waals surface area contributed by atoms with E-state index in [2.05, 4.69) is 21.5 Å². The number of rotatable bonds is 1. The quantitative estimate of drug-likeness (QED) is 0.866. The Bertz CT molecular complexity index is 784. The number of halogens is 1. The molecule has 2 aromatic rings. The third-order valence-corrected chi connectivity index (χ3v) is 4.21. The molecule has 1 radical (unpaired) electrons. The molecule has 6 nitrogen and oxygen atoms in total. The van der Waals surface area contributed by atoms with Gasteiger partial charge < -0.3 is 14.8 Å². The van der Waals surface area contributed by atoms with Gasteiger partial charge in [0.1, 0.15) is 30.4 Å². The standard InChI is InChI=1S/C14H9FN3O3S/c15-7-5-9-14(17-10(19)6-22-9)18-11(7)12-13-8(1-2-16-12)20-3-4-21-13/h1,5H,3-4,6H2,(H,17,18,19). The third-order valence-electron chi connectivity index (χ3n) is 3.18. The molecule has 1 N–H and O–H groups in total. The van der Waals surface area contributed by atoms with E-state index in [-0.39, 0.29) is 23.0 Å². The summed E-state index contributed by atoms with van der Waals surface area (Å²) in [5.41, 5.74) is 0.211. The average Bonchev–Trinajstić information content (AvgIpc) is 2.54. The van der Waals surface area contributed by atoms with Gasteiger partial charge >= 0.3 is 0 Å². The van der Waals surface area contributed by atoms with Crippen molar-refractivity contribution in [1.29, 1.82) is 0 Å². The lowest BCUT2D eigenvalue weighted by Gasteiger charge is -2.21. The molecule has 1 amide bonds. The van der Waals surface area contributed by atoms with Crippen LogP contribution >= 0.6 is 11.8 Å². The van der Waals surface area contributed by atoms with E-state index < -0.39 is 5.82 Å². The second-order valence-corrected chi connectivity index (χ2v) is 5.64. The van der Waals surface area contributed by atoms with E-state index in [4.69, 9.17) is 9.47 Å². The van der Waals surface area contributed by atoms with Crippen molar-refractivity contribution in [2.45, 2.75) is 4.90 Å². The SMILES string of the molecule is O=C1CSc2cc(F)c(-c3n[c]cc4c3OCCO4)nc2N1. The topological polar surface area (TPSA) is 73.3 Å². The van der Waals surface area contributed by atoms with E-state index in [9.17, 15) is 9.18 Å². The van der Waals surface area contributed by atoms with Crippen molar-refractivity contribution in [3.05, 3.63) is 24.1 Å². The van der Waals surface area contributed by atoms with Crippen LogP contribution in [0, 0.1) is 12.0 Å². The molecule has 22 heavy (non-hydrogen) atoms. The first kappa shape index (κ1) is 13.3. The summed E-state index contributed by atoms with van der Waals surface area (Å²) in [5, 5.41) is 2.63. The normalized spacial score (nSPS) is 16.0. The molecule has 0 saturated heterocycles. The molecular formula is C14H9FN3O3S. The van der Waals surface area contributed by atoms with Crippen LogP contribution in [0.1, 0.15) is 0 Å². The van der Waals surface area contributed by atoms with Crippen LogP contribution < -0.4 is 14.8 Å². The lowest BCUT2D eigenvalue weighted by atomic mass is 10.2. The minimum Gasteiger partial charge on any atom is -0.486 e. The summed E-state index contributed by atoms with van der Waals surface area (Å²) < 4.78 is 25.3. The molecule has 0 unspecified atom stereocenters. The Morgan fingerprint density at radius 3 is 3.09 bits per heavy atom. The van der Waals surface area contributed by atoms with Gasteiger partial charge in [0.25, 0.3) is 0 Å². The summed E-state index contributed by atoms with van der Waals surface area (Å²) >= 11 is 1.24. The predicted octanol–water partition coefficient (Wildman–Crippen LogP) is 1.90. The van der Waals surface area contributed by atoms with Crippen molar-refractivity contribution in [3.8, 4) is 22.9 Å². The molecule has 0 spiro atoms. The highest BCUT2D eigenvalue weighted by atomic mass is 32.2. The Balaban J connectivity index is 1.86. The van der Waals surface area contributed by atoms with Gasteiger partial charge in [-0.05, 0) is 6.07 Å². The number of anilines is 1. The van der Waals surface area contributed by atoms with Crippen molar-refractivity contribution in [1.82, 2.24) is 9.97 Å². The van der Waals surface area contributed by atoms with Gasteiger partial charge in [0, 0.05) is 6.07 Å². The number of nitrogens with one attached hydrogen (secondary N) is 1. The summed E-state index contributed by atoms with van der Waals surface area (Å²) in [4.78, 5) is 20.3. The molecule has 8 heteroatoms. The number of carbonyl (C=O) groups excluding carboxylic acids is 1. The van der Waals surface area contributed by atoms with Gasteiger partial charge in [-0.15, -0.1) is 11.8 Å². The number of thioether (sulfide) groups is 1. The molecule has 4 heterocycles. The number of aromatic nitrogens is 2. The second-order valence-electron chi connectivity index (χ2n) is 4.63. The van der Waals surface area contributed by atoms with E-state index >= 15 is 0 Å². The zero-order valence-corrected chi connectivity index (χ0v) is 12.0. The minimum absolute atomic E-state index is 0.000139. The summed E-state index contributed by atoms with van der Waals surface area (Å²) in [5.74, 6) is 0.660. The molecule has 0 bridgehead atoms. The minimum atomic E-state index is -0.536. The smallest absolute Gasteiger partial charge is 0.235 e. The Morgan fingerprint density at radius 1 is 1.32 bits per heavy atom. The zero-order chi connectivity index (χ0) is 15.1. The van der Waals surface area contributed by atoms with Crippen molar-refractivity contribution >= 4 is 23.5 Å². The van der Waals surface area contributed by atoms with Gasteiger partial charge in [-0.1, -0.05) is 0 Å². The number of hydrogen-bond acceptors (Lipinski definition) is 6. The molecule has 0 fully saturated rings. The van der Waals surface area contributed by atoms with Crippen LogP contribution in [0.4, 0.5) is 10.2 Å². The monoisotopic (exact) mass is 318 g/mol. The van der Waals surface area contributed by atoms with E-state index in [1.165, 1.54) is 23.9 Å². The molecule has 0 saturated carbocycles. The van der Waals surface area contributed by atoms with Crippen molar-refractivity contribution in [2.75, 3.05) is 24.3 Å². The van der Waals surface area contributed by atoms with Crippen LogP contribution in [0.3, 0.4) is 0 Å². The summed E-state index contributed by atoms with van der Waals surface area (Å²) in [6, 6.07) is 2.87. The number of carbonyl (C=O) groups is 1. The zero-order valence-electron chi connectivity index (χ0n) is 11.2. The van der Waals surface area contributed by atoms with Crippen LogP contribution in [0.25, 0.3) is 11.4 Å². The Hall–Kier alpha value is -2.35. The van der Waals surface area contributed by atoms with Gasteiger partial charge in [0.15, 0.2) is 17.3 Å². The number of nitrogens with zero attached hydrogens (tertiary/aromatic N) is 2. The van der Waals surface area contributed by atoms with E-state index in [0.717, 1.165) is 0 Å². The van der Waals surface area contributed by atoms with E-state index in [1.807, 2.05) is 0 Å². The van der Waals surface area contributed by atoms with E-state index in [1.54, 1.807) is 0 Å². The van der Waals surface area contributed by atoms with Crippen LogP contribution in [-0.4, -0.2) is 34.8 Å². The number of hydrogen-bond donors (Lipinski definition) is 1.